The topological polar surface area (TPSA) is 22.0 Å². The highest BCUT2D eigenvalue weighted by Gasteiger charge is 2.20. The maximum atomic E-state index is 14.3. The standard InChI is InChI=1S/C37H23NO/c39-37-33-21-8-3-15-26(33)27-16-9-10-23-34(27)38(37)36-31-19-6-4-17-29(31)35(30-18-5-7-20-32(30)36)28-22-11-13-24-12-1-2-14-25(24)28/h1-23H. The number of nitrogens with zero attached hydrogens (tertiary/aromatic N) is 1. The zero-order chi connectivity index (χ0) is 25.9. The largest absolute Gasteiger partial charge is 0.275 e. The van der Waals surface area contributed by atoms with Gasteiger partial charge in [0.1, 0.15) is 0 Å². The van der Waals surface area contributed by atoms with E-state index in [1.807, 2.05) is 41.0 Å². The van der Waals surface area contributed by atoms with Gasteiger partial charge in [-0.1, -0.05) is 127 Å². The fraction of sp³-hybridized carbons (Fsp3) is 0. The number of hydrogen-bond donors (Lipinski definition) is 0. The van der Waals surface area contributed by atoms with Crippen LogP contribution in [0.4, 0.5) is 0 Å². The summed E-state index contributed by atoms with van der Waals surface area (Å²) >= 11 is 0. The van der Waals surface area contributed by atoms with Gasteiger partial charge in [-0.2, -0.15) is 0 Å². The molecule has 39 heavy (non-hydrogen) atoms. The summed E-state index contributed by atoms with van der Waals surface area (Å²) in [5.74, 6) is 0. The van der Waals surface area contributed by atoms with Crippen LogP contribution in [0, 0.1) is 0 Å². The molecule has 0 unspecified atom stereocenters. The maximum absolute atomic E-state index is 14.3. The van der Waals surface area contributed by atoms with E-state index < -0.39 is 0 Å². The van der Waals surface area contributed by atoms with E-state index in [4.69, 9.17) is 0 Å². The number of fused-ring (bicyclic) bond motifs is 6. The van der Waals surface area contributed by atoms with Gasteiger partial charge < -0.3 is 0 Å². The molecule has 2 heteroatoms. The molecule has 0 aliphatic carbocycles. The van der Waals surface area contributed by atoms with Crippen molar-refractivity contribution >= 4 is 54.0 Å². The molecule has 0 fully saturated rings. The number of pyridine rings is 1. The van der Waals surface area contributed by atoms with Gasteiger partial charge in [-0.25, -0.2) is 0 Å². The maximum Gasteiger partial charge on any atom is 0.263 e. The van der Waals surface area contributed by atoms with E-state index in [2.05, 4.69) is 103 Å². The van der Waals surface area contributed by atoms with E-state index in [0.29, 0.717) is 0 Å². The highest BCUT2D eigenvalue weighted by Crippen LogP contribution is 2.43. The Labute approximate surface area is 225 Å². The molecule has 0 saturated carbocycles. The molecule has 1 heterocycles. The Morgan fingerprint density at radius 3 is 1.56 bits per heavy atom. The van der Waals surface area contributed by atoms with Crippen LogP contribution in [0.2, 0.25) is 0 Å². The zero-order valence-electron chi connectivity index (χ0n) is 21.1. The Hall–Kier alpha value is -5.21. The van der Waals surface area contributed by atoms with Crippen molar-refractivity contribution in [3.63, 3.8) is 0 Å². The van der Waals surface area contributed by atoms with Crippen LogP contribution in [0.3, 0.4) is 0 Å². The summed E-state index contributed by atoms with van der Waals surface area (Å²) in [4.78, 5) is 14.3. The van der Waals surface area contributed by atoms with Crippen molar-refractivity contribution in [1.82, 2.24) is 4.57 Å². The van der Waals surface area contributed by atoms with E-state index in [0.717, 1.165) is 48.9 Å². The SMILES string of the molecule is O=c1c2ccccc2c2ccccc2n1-c1c2ccccc2c(-c2cccc3ccccc23)c2ccccc12. The van der Waals surface area contributed by atoms with E-state index in [-0.39, 0.29) is 5.56 Å². The number of para-hydroxylation sites is 1. The van der Waals surface area contributed by atoms with E-state index >= 15 is 0 Å². The molecule has 182 valence electrons. The summed E-state index contributed by atoms with van der Waals surface area (Å²) in [7, 11) is 0. The van der Waals surface area contributed by atoms with Crippen molar-refractivity contribution in [3.8, 4) is 16.8 Å². The predicted molar refractivity (Wildman–Crippen MR) is 165 cm³/mol. The van der Waals surface area contributed by atoms with Gasteiger partial charge in [0.05, 0.1) is 11.2 Å². The molecule has 2 nitrogen and oxygen atoms in total. The molecule has 0 bridgehead atoms. The highest BCUT2D eigenvalue weighted by atomic mass is 16.1. The average Bonchev–Trinajstić information content (AvgIpc) is 3.01. The van der Waals surface area contributed by atoms with Gasteiger partial charge in [0.25, 0.3) is 5.56 Å². The summed E-state index contributed by atoms with van der Waals surface area (Å²) in [6, 6.07) is 48.3. The van der Waals surface area contributed by atoms with Gasteiger partial charge in [-0.15, -0.1) is 0 Å². The Morgan fingerprint density at radius 2 is 0.872 bits per heavy atom. The third kappa shape index (κ3) is 3.12. The average molecular weight is 498 g/mol. The summed E-state index contributed by atoms with van der Waals surface area (Å²) in [5.41, 5.74) is 4.23. The van der Waals surface area contributed by atoms with Crippen molar-refractivity contribution in [1.29, 1.82) is 0 Å². The molecular weight excluding hydrogens is 474 g/mol. The molecule has 7 aromatic carbocycles. The zero-order valence-corrected chi connectivity index (χ0v) is 21.1. The molecule has 0 atom stereocenters. The smallest absolute Gasteiger partial charge is 0.263 e. The summed E-state index contributed by atoms with van der Waals surface area (Å²) in [5, 5.41) is 9.58. The van der Waals surface area contributed by atoms with Gasteiger partial charge in [0.2, 0.25) is 0 Å². The summed E-state index contributed by atoms with van der Waals surface area (Å²) in [6.45, 7) is 0. The van der Waals surface area contributed by atoms with Crippen molar-refractivity contribution in [3.05, 3.63) is 150 Å². The second-order valence-electron chi connectivity index (χ2n) is 10.0. The molecule has 0 aliphatic rings. The molecule has 8 rings (SSSR count). The fourth-order valence-electron chi connectivity index (χ4n) is 6.33. The van der Waals surface area contributed by atoms with Crippen molar-refractivity contribution in [2.45, 2.75) is 0 Å². The van der Waals surface area contributed by atoms with Crippen molar-refractivity contribution in [2.24, 2.45) is 0 Å². The fourth-order valence-corrected chi connectivity index (χ4v) is 6.33. The van der Waals surface area contributed by atoms with Crippen LogP contribution in [0.25, 0.3) is 70.8 Å². The van der Waals surface area contributed by atoms with Crippen LogP contribution < -0.4 is 5.56 Å². The third-order valence-electron chi connectivity index (χ3n) is 7.98. The number of rotatable bonds is 2. The molecule has 0 aliphatic heterocycles. The van der Waals surface area contributed by atoms with E-state index in [1.54, 1.807) is 0 Å². The lowest BCUT2D eigenvalue weighted by Gasteiger charge is -2.21. The highest BCUT2D eigenvalue weighted by molar-refractivity contribution is 6.21. The van der Waals surface area contributed by atoms with Crippen LogP contribution in [-0.4, -0.2) is 4.57 Å². The Morgan fingerprint density at radius 1 is 0.385 bits per heavy atom. The molecule has 8 aromatic rings. The Bertz CT molecular complexity index is 2250. The lowest BCUT2D eigenvalue weighted by molar-refractivity contribution is 1.08. The van der Waals surface area contributed by atoms with Gasteiger partial charge in [-0.05, 0) is 50.2 Å². The van der Waals surface area contributed by atoms with E-state index in [9.17, 15) is 4.79 Å². The summed E-state index contributed by atoms with van der Waals surface area (Å²) in [6.07, 6.45) is 0. The predicted octanol–water partition coefficient (Wildman–Crippen LogP) is 9.27. The second kappa shape index (κ2) is 8.41. The van der Waals surface area contributed by atoms with Crippen LogP contribution in [0.15, 0.2) is 144 Å². The van der Waals surface area contributed by atoms with Gasteiger partial charge in [0, 0.05) is 21.5 Å². The first-order valence-electron chi connectivity index (χ1n) is 13.3. The molecule has 0 saturated heterocycles. The van der Waals surface area contributed by atoms with E-state index in [1.165, 1.54) is 21.9 Å². The minimum Gasteiger partial charge on any atom is -0.275 e. The second-order valence-corrected chi connectivity index (χ2v) is 10.0. The number of benzene rings is 7. The lowest BCUT2D eigenvalue weighted by Crippen LogP contribution is -2.20. The molecule has 0 spiro atoms. The van der Waals surface area contributed by atoms with Crippen LogP contribution in [0.5, 0.6) is 0 Å². The molecular formula is C37H23NO. The van der Waals surface area contributed by atoms with Crippen LogP contribution in [-0.2, 0) is 0 Å². The minimum absolute atomic E-state index is 0.00230. The lowest BCUT2D eigenvalue weighted by atomic mass is 9.88. The van der Waals surface area contributed by atoms with Gasteiger partial charge >= 0.3 is 0 Å². The van der Waals surface area contributed by atoms with Crippen molar-refractivity contribution in [2.75, 3.05) is 0 Å². The molecule has 0 radical (unpaired) electrons. The molecule has 1 aromatic heterocycles. The normalized spacial score (nSPS) is 11.7. The van der Waals surface area contributed by atoms with Crippen LogP contribution >= 0.6 is 0 Å². The van der Waals surface area contributed by atoms with Crippen molar-refractivity contribution < 1.29 is 0 Å². The number of hydrogen-bond acceptors (Lipinski definition) is 1. The quantitative estimate of drug-likeness (QED) is 0.172. The first kappa shape index (κ1) is 21.8. The monoisotopic (exact) mass is 497 g/mol. The minimum atomic E-state index is -0.00230. The molecule has 0 N–H and O–H groups in total. The van der Waals surface area contributed by atoms with Gasteiger partial charge in [0.15, 0.2) is 0 Å². The first-order valence-corrected chi connectivity index (χ1v) is 13.3. The number of aromatic nitrogens is 1. The summed E-state index contributed by atoms with van der Waals surface area (Å²) < 4.78 is 1.94. The molecule has 0 amide bonds. The Balaban J connectivity index is 1.62. The van der Waals surface area contributed by atoms with Crippen LogP contribution in [0.1, 0.15) is 0 Å². The first-order chi connectivity index (χ1) is 19.3. The van der Waals surface area contributed by atoms with Gasteiger partial charge in [-0.3, -0.25) is 9.36 Å². The third-order valence-corrected chi connectivity index (χ3v) is 7.98. The Kier molecular flexibility index (Phi) is 4.71.